The summed E-state index contributed by atoms with van der Waals surface area (Å²) in [6, 6.07) is 0. The second kappa shape index (κ2) is 9.71. The summed E-state index contributed by atoms with van der Waals surface area (Å²) >= 11 is 4.80. The van der Waals surface area contributed by atoms with E-state index >= 15 is 0 Å². The van der Waals surface area contributed by atoms with Crippen LogP contribution >= 0.6 is 57.6 Å². The number of nitrogens with zero attached hydrogens (tertiary/aromatic N) is 1. The van der Waals surface area contributed by atoms with E-state index in [2.05, 4.69) is 57.1 Å². The molecule has 0 aromatic heterocycles. The highest BCUT2D eigenvalue weighted by atomic mass is 127. The van der Waals surface area contributed by atoms with Crippen molar-refractivity contribution < 1.29 is 0 Å². The van der Waals surface area contributed by atoms with Gasteiger partial charge in [0, 0.05) is 21.9 Å². The first-order valence-electron chi connectivity index (χ1n) is 2.61. The van der Waals surface area contributed by atoms with Crippen LogP contribution in [-0.2, 0) is 0 Å². The summed E-state index contributed by atoms with van der Waals surface area (Å²) in [7, 11) is 2.16. The Labute approximate surface area is 90.6 Å². The van der Waals surface area contributed by atoms with Gasteiger partial charge >= 0.3 is 0 Å². The zero-order chi connectivity index (χ0) is 6.41. The standard InChI is InChI=1S/C5H11I2N.ClH/c1-8(4-2-6)5-3-7;/h2-5H2,1H3;1H. The summed E-state index contributed by atoms with van der Waals surface area (Å²) in [6.45, 7) is 2.45. The molecule has 0 aromatic carbocycles. The minimum Gasteiger partial charge on any atom is -0.305 e. The van der Waals surface area contributed by atoms with Gasteiger partial charge in [0.2, 0.25) is 0 Å². The third kappa shape index (κ3) is 9.71. The molecular formula is C5H12ClI2N. The highest BCUT2D eigenvalue weighted by molar-refractivity contribution is 14.1. The average Bonchev–Trinajstić information content (AvgIpc) is 1.68. The lowest BCUT2D eigenvalue weighted by molar-refractivity contribution is 0.384. The Morgan fingerprint density at radius 1 is 1.11 bits per heavy atom. The van der Waals surface area contributed by atoms with E-state index in [1.54, 1.807) is 0 Å². The molecule has 1 nitrogen and oxygen atoms in total. The molecule has 0 N–H and O–H groups in total. The van der Waals surface area contributed by atoms with Crippen molar-refractivity contribution in [2.75, 3.05) is 29.0 Å². The molecule has 9 heavy (non-hydrogen) atoms. The Hall–Kier alpha value is 1.71. The topological polar surface area (TPSA) is 3.24 Å². The lowest BCUT2D eigenvalue weighted by Crippen LogP contribution is -2.22. The van der Waals surface area contributed by atoms with E-state index < -0.39 is 0 Å². The maximum Gasteiger partial charge on any atom is 0.0123 e. The molecule has 0 radical (unpaired) electrons. The maximum atomic E-state index is 2.40. The lowest BCUT2D eigenvalue weighted by atomic mass is 10.6. The molecule has 0 aliphatic rings. The van der Waals surface area contributed by atoms with Crippen LogP contribution in [0, 0.1) is 0 Å². The summed E-state index contributed by atoms with van der Waals surface area (Å²) in [5.74, 6) is 0. The Kier molecular flexibility index (Phi) is 14.4. The van der Waals surface area contributed by atoms with Crippen LogP contribution in [0.1, 0.15) is 0 Å². The van der Waals surface area contributed by atoms with Gasteiger partial charge in [-0.3, -0.25) is 0 Å². The number of hydrogen-bond acceptors (Lipinski definition) is 1. The first-order valence-corrected chi connectivity index (χ1v) is 5.67. The van der Waals surface area contributed by atoms with Crippen molar-refractivity contribution in [2.45, 2.75) is 0 Å². The fraction of sp³-hybridized carbons (Fsp3) is 1.00. The van der Waals surface area contributed by atoms with E-state index in [-0.39, 0.29) is 12.4 Å². The minimum absolute atomic E-state index is 0. The first-order chi connectivity index (χ1) is 3.81. The fourth-order valence-corrected chi connectivity index (χ4v) is 2.05. The summed E-state index contributed by atoms with van der Waals surface area (Å²) < 4.78 is 2.48. The number of rotatable bonds is 4. The highest BCUT2D eigenvalue weighted by Crippen LogP contribution is 1.89. The van der Waals surface area contributed by atoms with Gasteiger partial charge in [-0.15, -0.1) is 12.4 Å². The predicted molar refractivity (Wildman–Crippen MR) is 62.5 cm³/mol. The molecule has 0 saturated carbocycles. The summed E-state index contributed by atoms with van der Waals surface area (Å²) in [4.78, 5) is 2.35. The van der Waals surface area contributed by atoms with Crippen LogP contribution in [0.2, 0.25) is 0 Å². The molecule has 0 rings (SSSR count). The Balaban J connectivity index is 0. The molecule has 0 fully saturated rings. The van der Waals surface area contributed by atoms with Crippen molar-refractivity contribution >= 4 is 57.6 Å². The lowest BCUT2D eigenvalue weighted by Gasteiger charge is -2.11. The smallest absolute Gasteiger partial charge is 0.0123 e. The molecular weight excluding hydrogens is 363 g/mol. The monoisotopic (exact) mass is 375 g/mol. The Morgan fingerprint density at radius 2 is 1.44 bits per heavy atom. The summed E-state index contributed by atoms with van der Waals surface area (Å²) in [5, 5.41) is 0. The van der Waals surface area contributed by atoms with Gasteiger partial charge in [0.25, 0.3) is 0 Å². The Bertz CT molecular complexity index is 48.2. The molecule has 0 saturated heterocycles. The summed E-state index contributed by atoms with van der Waals surface area (Å²) in [6.07, 6.45) is 0. The predicted octanol–water partition coefficient (Wildman–Crippen LogP) is 2.21. The molecule has 0 heterocycles. The SMILES string of the molecule is CN(CCI)CCI.Cl. The van der Waals surface area contributed by atoms with Crippen molar-refractivity contribution in [1.29, 1.82) is 0 Å². The highest BCUT2D eigenvalue weighted by Gasteiger charge is 1.91. The zero-order valence-electron chi connectivity index (χ0n) is 5.44. The molecule has 0 aliphatic carbocycles. The Morgan fingerprint density at radius 3 is 1.67 bits per heavy atom. The van der Waals surface area contributed by atoms with Crippen LogP contribution in [0.3, 0.4) is 0 Å². The van der Waals surface area contributed by atoms with Gasteiger partial charge in [-0.05, 0) is 7.05 Å². The molecule has 58 valence electrons. The van der Waals surface area contributed by atoms with Crippen molar-refractivity contribution in [3.05, 3.63) is 0 Å². The van der Waals surface area contributed by atoms with Crippen LogP contribution in [0.25, 0.3) is 0 Å². The molecule has 0 bridgehead atoms. The van der Waals surface area contributed by atoms with Gasteiger partial charge in [0.15, 0.2) is 0 Å². The average molecular weight is 375 g/mol. The second-order valence-corrected chi connectivity index (χ2v) is 3.84. The van der Waals surface area contributed by atoms with Gasteiger partial charge in [-0.2, -0.15) is 0 Å². The van der Waals surface area contributed by atoms with E-state index in [1.807, 2.05) is 0 Å². The van der Waals surface area contributed by atoms with Crippen molar-refractivity contribution in [2.24, 2.45) is 0 Å². The second-order valence-electron chi connectivity index (χ2n) is 1.68. The minimum atomic E-state index is 0. The van der Waals surface area contributed by atoms with Crippen LogP contribution in [0.5, 0.6) is 0 Å². The number of hydrogen-bond donors (Lipinski definition) is 0. The van der Waals surface area contributed by atoms with Crippen molar-refractivity contribution in [1.82, 2.24) is 4.90 Å². The normalized spacial score (nSPS) is 9.33. The van der Waals surface area contributed by atoms with Gasteiger partial charge < -0.3 is 4.90 Å². The van der Waals surface area contributed by atoms with Gasteiger partial charge in [0.1, 0.15) is 0 Å². The van der Waals surface area contributed by atoms with Crippen LogP contribution in [-0.4, -0.2) is 33.9 Å². The quantitative estimate of drug-likeness (QED) is 0.538. The van der Waals surface area contributed by atoms with Gasteiger partial charge in [-0.1, -0.05) is 45.2 Å². The largest absolute Gasteiger partial charge is 0.305 e. The van der Waals surface area contributed by atoms with E-state index in [9.17, 15) is 0 Å². The number of halogens is 3. The molecule has 0 atom stereocenters. The van der Waals surface area contributed by atoms with E-state index in [0.717, 1.165) is 0 Å². The molecule has 0 unspecified atom stereocenters. The van der Waals surface area contributed by atoms with Crippen LogP contribution < -0.4 is 0 Å². The molecule has 4 heteroatoms. The molecule has 0 spiro atoms. The third-order valence-electron chi connectivity index (χ3n) is 0.932. The van der Waals surface area contributed by atoms with Crippen molar-refractivity contribution in [3.63, 3.8) is 0 Å². The van der Waals surface area contributed by atoms with Crippen LogP contribution in [0.15, 0.2) is 0 Å². The third-order valence-corrected chi connectivity index (χ3v) is 1.90. The molecule has 0 aliphatic heterocycles. The molecule has 0 aromatic rings. The van der Waals surface area contributed by atoms with E-state index in [1.165, 1.54) is 21.9 Å². The van der Waals surface area contributed by atoms with Crippen molar-refractivity contribution in [3.8, 4) is 0 Å². The van der Waals surface area contributed by atoms with Gasteiger partial charge in [-0.25, -0.2) is 0 Å². The molecule has 0 amide bonds. The van der Waals surface area contributed by atoms with Gasteiger partial charge in [0.05, 0.1) is 0 Å². The van der Waals surface area contributed by atoms with Crippen LogP contribution in [0.4, 0.5) is 0 Å². The first kappa shape index (κ1) is 13.3. The van der Waals surface area contributed by atoms with E-state index in [0.29, 0.717) is 0 Å². The van der Waals surface area contributed by atoms with E-state index in [4.69, 9.17) is 0 Å². The zero-order valence-corrected chi connectivity index (χ0v) is 10.6. The maximum absolute atomic E-state index is 2.40. The summed E-state index contributed by atoms with van der Waals surface area (Å²) in [5.41, 5.74) is 0. The number of alkyl halides is 2. The fourth-order valence-electron chi connectivity index (χ4n) is 0.400.